The lowest BCUT2D eigenvalue weighted by Gasteiger charge is -2.16. The summed E-state index contributed by atoms with van der Waals surface area (Å²) in [4.78, 5) is 14.8. The summed E-state index contributed by atoms with van der Waals surface area (Å²) in [5, 5.41) is 0. The molecule has 0 aliphatic carbocycles. The van der Waals surface area contributed by atoms with Crippen molar-refractivity contribution in [3.63, 3.8) is 0 Å². The summed E-state index contributed by atoms with van der Waals surface area (Å²) in [6, 6.07) is 3.52. The summed E-state index contributed by atoms with van der Waals surface area (Å²) in [5.74, 6) is 1.04. The highest BCUT2D eigenvalue weighted by Gasteiger charge is 2.33. The van der Waals surface area contributed by atoms with Crippen LogP contribution in [-0.4, -0.2) is 36.9 Å². The third-order valence-electron chi connectivity index (χ3n) is 5.03. The second-order valence-corrected chi connectivity index (χ2v) is 8.47. The molecule has 2 aromatic heterocycles. The molecule has 0 atom stereocenters. The normalized spacial score (nSPS) is 15.0. The standard InChI is InChI=1S/C18H25N3O4S/c1-12-7-8-15(25-12)11-19-26(23,24)17-14(3)20(4)13(2)16(17)18(22)21-9-5-6-10-21/h7-8,19H,5-6,9-11H2,1-4H3. The second kappa shape index (κ2) is 6.92. The van der Waals surface area contributed by atoms with E-state index in [0.29, 0.717) is 30.2 Å². The molecule has 1 aliphatic heterocycles. The van der Waals surface area contributed by atoms with Crippen LogP contribution in [0.4, 0.5) is 0 Å². The molecule has 7 nitrogen and oxygen atoms in total. The summed E-state index contributed by atoms with van der Waals surface area (Å²) in [6.45, 7) is 6.69. The van der Waals surface area contributed by atoms with Crippen LogP contribution in [0.15, 0.2) is 21.4 Å². The highest BCUT2D eigenvalue weighted by atomic mass is 32.2. The maximum atomic E-state index is 13.0. The number of aryl methyl sites for hydroxylation is 1. The van der Waals surface area contributed by atoms with Crippen LogP contribution in [0.2, 0.25) is 0 Å². The van der Waals surface area contributed by atoms with Gasteiger partial charge in [-0.3, -0.25) is 4.79 Å². The maximum absolute atomic E-state index is 13.0. The Morgan fingerprint density at radius 1 is 1.15 bits per heavy atom. The molecule has 0 radical (unpaired) electrons. The van der Waals surface area contributed by atoms with Crippen LogP contribution in [0.5, 0.6) is 0 Å². The lowest BCUT2D eigenvalue weighted by atomic mass is 10.2. The van der Waals surface area contributed by atoms with E-state index in [9.17, 15) is 13.2 Å². The molecule has 2 aromatic rings. The first-order valence-electron chi connectivity index (χ1n) is 8.72. The fourth-order valence-corrected chi connectivity index (χ4v) is 4.90. The number of carbonyl (C=O) groups is 1. The average molecular weight is 379 g/mol. The molecule has 26 heavy (non-hydrogen) atoms. The molecule has 0 aromatic carbocycles. The molecule has 1 fully saturated rings. The van der Waals surface area contributed by atoms with Crippen molar-refractivity contribution in [2.45, 2.75) is 45.1 Å². The molecular weight excluding hydrogens is 354 g/mol. The van der Waals surface area contributed by atoms with E-state index in [-0.39, 0.29) is 22.9 Å². The molecule has 1 N–H and O–H groups in total. The van der Waals surface area contributed by atoms with Crippen LogP contribution in [0.1, 0.15) is 46.1 Å². The number of aromatic nitrogens is 1. The lowest BCUT2D eigenvalue weighted by molar-refractivity contribution is 0.0788. The van der Waals surface area contributed by atoms with E-state index in [1.54, 1.807) is 49.4 Å². The summed E-state index contributed by atoms with van der Waals surface area (Å²) in [5.41, 5.74) is 1.48. The van der Waals surface area contributed by atoms with E-state index in [0.717, 1.165) is 18.6 Å². The van der Waals surface area contributed by atoms with Gasteiger partial charge in [0.05, 0.1) is 12.1 Å². The predicted octanol–water partition coefficient (Wildman–Crippen LogP) is 2.26. The Labute approximate surface area is 154 Å². The van der Waals surface area contributed by atoms with Gasteiger partial charge in [0.2, 0.25) is 10.0 Å². The van der Waals surface area contributed by atoms with Crippen molar-refractivity contribution in [1.29, 1.82) is 0 Å². The smallest absolute Gasteiger partial charge is 0.257 e. The molecule has 1 amide bonds. The zero-order valence-electron chi connectivity index (χ0n) is 15.6. The number of likely N-dealkylation sites (tertiary alicyclic amines) is 1. The Bertz CT molecular complexity index is 934. The Morgan fingerprint density at radius 3 is 2.38 bits per heavy atom. The number of furan rings is 1. The molecule has 3 heterocycles. The van der Waals surface area contributed by atoms with Gasteiger partial charge in [-0.15, -0.1) is 0 Å². The van der Waals surface area contributed by atoms with E-state index >= 15 is 0 Å². The average Bonchev–Trinajstić information content (AvgIpc) is 3.30. The number of nitrogens with one attached hydrogen (secondary N) is 1. The highest BCUT2D eigenvalue weighted by Crippen LogP contribution is 2.28. The zero-order chi connectivity index (χ0) is 19.1. The van der Waals surface area contributed by atoms with Crippen molar-refractivity contribution in [1.82, 2.24) is 14.2 Å². The molecule has 1 saturated heterocycles. The number of carbonyl (C=O) groups excluding carboxylic acids is 1. The van der Waals surface area contributed by atoms with Crippen molar-refractivity contribution >= 4 is 15.9 Å². The van der Waals surface area contributed by atoms with Crippen molar-refractivity contribution in [2.75, 3.05) is 13.1 Å². The molecule has 3 rings (SSSR count). The first-order chi connectivity index (χ1) is 12.2. The molecule has 0 saturated carbocycles. The van der Waals surface area contributed by atoms with Crippen molar-refractivity contribution in [2.24, 2.45) is 7.05 Å². The number of nitrogens with zero attached hydrogens (tertiary/aromatic N) is 2. The topological polar surface area (TPSA) is 84.5 Å². The van der Waals surface area contributed by atoms with Gasteiger partial charge in [0.25, 0.3) is 5.91 Å². The predicted molar refractivity (Wildman–Crippen MR) is 97.5 cm³/mol. The van der Waals surface area contributed by atoms with Gasteiger partial charge in [0.15, 0.2) is 0 Å². The highest BCUT2D eigenvalue weighted by molar-refractivity contribution is 7.89. The summed E-state index contributed by atoms with van der Waals surface area (Å²) >= 11 is 0. The maximum Gasteiger partial charge on any atom is 0.257 e. The van der Waals surface area contributed by atoms with Crippen LogP contribution >= 0.6 is 0 Å². The van der Waals surface area contributed by atoms with Gasteiger partial charge in [-0.05, 0) is 45.7 Å². The van der Waals surface area contributed by atoms with Gasteiger partial charge in [-0.1, -0.05) is 0 Å². The second-order valence-electron chi connectivity index (χ2n) is 6.77. The third kappa shape index (κ3) is 3.31. The fourth-order valence-electron chi connectivity index (χ4n) is 3.39. The number of sulfonamides is 1. The zero-order valence-corrected chi connectivity index (χ0v) is 16.4. The Hall–Kier alpha value is -2.06. The minimum absolute atomic E-state index is 0.0426. The molecule has 0 bridgehead atoms. The molecule has 1 aliphatic rings. The largest absolute Gasteiger partial charge is 0.465 e. The molecule has 8 heteroatoms. The van der Waals surface area contributed by atoms with E-state index in [1.165, 1.54) is 0 Å². The van der Waals surface area contributed by atoms with Crippen molar-refractivity contribution in [3.05, 3.63) is 40.6 Å². The molecule has 142 valence electrons. The van der Waals surface area contributed by atoms with Gasteiger partial charge in [-0.25, -0.2) is 13.1 Å². The Balaban J connectivity index is 1.97. The third-order valence-corrected chi connectivity index (χ3v) is 6.59. The summed E-state index contributed by atoms with van der Waals surface area (Å²) in [7, 11) is -2.09. The quantitative estimate of drug-likeness (QED) is 0.864. The monoisotopic (exact) mass is 379 g/mol. The van der Waals surface area contributed by atoms with Crippen LogP contribution in [0.25, 0.3) is 0 Å². The van der Waals surface area contributed by atoms with E-state index in [4.69, 9.17) is 4.42 Å². The Kier molecular flexibility index (Phi) is 4.98. The van der Waals surface area contributed by atoms with Crippen LogP contribution < -0.4 is 4.72 Å². The van der Waals surface area contributed by atoms with Gasteiger partial charge >= 0.3 is 0 Å². The van der Waals surface area contributed by atoms with E-state index < -0.39 is 10.0 Å². The SMILES string of the molecule is Cc1ccc(CNS(=O)(=O)c2c(C(=O)N3CCCC3)c(C)n(C)c2C)o1. The summed E-state index contributed by atoms with van der Waals surface area (Å²) < 4.78 is 35.8. The minimum Gasteiger partial charge on any atom is -0.465 e. The van der Waals surface area contributed by atoms with Crippen molar-refractivity contribution < 1.29 is 17.6 Å². The van der Waals surface area contributed by atoms with Gasteiger partial charge in [0.1, 0.15) is 16.4 Å². The molecule has 0 unspecified atom stereocenters. The van der Waals surface area contributed by atoms with Gasteiger partial charge in [0, 0.05) is 31.5 Å². The summed E-state index contributed by atoms with van der Waals surface area (Å²) in [6.07, 6.45) is 1.91. The van der Waals surface area contributed by atoms with Crippen LogP contribution in [-0.2, 0) is 23.6 Å². The van der Waals surface area contributed by atoms with Crippen molar-refractivity contribution in [3.8, 4) is 0 Å². The number of hydrogen-bond donors (Lipinski definition) is 1. The van der Waals surface area contributed by atoms with E-state index in [2.05, 4.69) is 4.72 Å². The molecule has 0 spiro atoms. The van der Waals surface area contributed by atoms with Crippen LogP contribution in [0.3, 0.4) is 0 Å². The van der Waals surface area contributed by atoms with E-state index in [1.807, 2.05) is 0 Å². The number of amides is 1. The first-order valence-corrected chi connectivity index (χ1v) is 10.2. The van der Waals surface area contributed by atoms with Gasteiger partial charge in [-0.2, -0.15) is 0 Å². The first kappa shape index (κ1) is 18.7. The van der Waals surface area contributed by atoms with Gasteiger partial charge < -0.3 is 13.9 Å². The molecular formula is C18H25N3O4S. The number of hydrogen-bond acceptors (Lipinski definition) is 4. The number of rotatable bonds is 5. The minimum atomic E-state index is -3.87. The lowest BCUT2D eigenvalue weighted by Crippen LogP contribution is -2.31. The Morgan fingerprint density at radius 2 is 1.81 bits per heavy atom. The van der Waals surface area contributed by atoms with Crippen LogP contribution in [0, 0.1) is 20.8 Å². The fraction of sp³-hybridized carbons (Fsp3) is 0.500.